The van der Waals surface area contributed by atoms with E-state index < -0.39 is 27.3 Å². The van der Waals surface area contributed by atoms with Gasteiger partial charge in [-0.25, -0.2) is 12.7 Å². The van der Waals surface area contributed by atoms with Crippen LogP contribution in [-0.2, 0) is 21.6 Å². The average molecular weight is 498 g/mol. The maximum Gasteiger partial charge on any atom is 0.246 e. The number of hydrogen-bond acceptors (Lipinski definition) is 8. The van der Waals surface area contributed by atoms with Crippen molar-refractivity contribution in [1.29, 1.82) is 0 Å². The number of para-hydroxylation sites is 1. The SMILES string of the molecule is C=C(N[C@@H](c1ccc(C)o1)C(C)(C)C)C(=N[S+](N)[O-])Nc1cccc(S(=O)(=O)N(C)C)c1O. The van der Waals surface area contributed by atoms with Gasteiger partial charge >= 0.3 is 0 Å². The van der Waals surface area contributed by atoms with Crippen molar-refractivity contribution >= 4 is 33.1 Å². The Kier molecular flexibility index (Phi) is 8.25. The maximum absolute atomic E-state index is 12.5. The molecule has 1 aromatic heterocycles. The lowest BCUT2D eigenvalue weighted by molar-refractivity contribution is 0.251. The van der Waals surface area contributed by atoms with Crippen molar-refractivity contribution < 1.29 is 22.5 Å². The van der Waals surface area contributed by atoms with Crippen LogP contribution in [0.5, 0.6) is 5.75 Å². The van der Waals surface area contributed by atoms with Crippen molar-refractivity contribution in [3.63, 3.8) is 0 Å². The van der Waals surface area contributed by atoms with E-state index in [0.717, 1.165) is 10.1 Å². The summed E-state index contributed by atoms with van der Waals surface area (Å²) < 4.78 is 47.4. The van der Waals surface area contributed by atoms with E-state index in [9.17, 15) is 18.1 Å². The molecule has 1 heterocycles. The van der Waals surface area contributed by atoms with Gasteiger partial charge in [-0.1, -0.05) is 33.4 Å². The minimum atomic E-state index is -3.91. The van der Waals surface area contributed by atoms with Gasteiger partial charge in [0.1, 0.15) is 16.4 Å². The van der Waals surface area contributed by atoms with Crippen molar-refractivity contribution in [2.75, 3.05) is 19.4 Å². The van der Waals surface area contributed by atoms with Gasteiger partial charge in [-0.3, -0.25) is 0 Å². The predicted molar refractivity (Wildman–Crippen MR) is 130 cm³/mol. The molecule has 0 fully saturated rings. The quantitative estimate of drug-likeness (QED) is 0.188. The summed E-state index contributed by atoms with van der Waals surface area (Å²) in [5.41, 5.74) is -0.0866. The zero-order valence-electron chi connectivity index (χ0n) is 19.5. The van der Waals surface area contributed by atoms with E-state index in [1.54, 1.807) is 0 Å². The highest BCUT2D eigenvalue weighted by atomic mass is 32.2. The molecule has 0 aliphatic carbocycles. The Morgan fingerprint density at radius 2 is 1.94 bits per heavy atom. The van der Waals surface area contributed by atoms with E-state index in [1.165, 1.54) is 32.3 Å². The molecule has 1 unspecified atom stereocenters. The van der Waals surface area contributed by atoms with Crippen LogP contribution < -0.4 is 15.8 Å². The van der Waals surface area contributed by atoms with Gasteiger partial charge in [0.25, 0.3) is 0 Å². The van der Waals surface area contributed by atoms with Gasteiger partial charge in [0.2, 0.25) is 15.9 Å². The van der Waals surface area contributed by atoms with E-state index in [1.807, 2.05) is 39.8 Å². The molecular weight excluding hydrogens is 466 g/mol. The van der Waals surface area contributed by atoms with Gasteiger partial charge < -0.3 is 24.7 Å². The highest BCUT2D eigenvalue weighted by Gasteiger charge is 2.31. The standard InChI is InChI=1S/C21H31N5O5S2/c1-13-11-12-16(31-13)19(21(3,4)5)23-14(2)20(25-32(22)28)24-15-9-8-10-17(18(15)27)33(29,30)26(6)7/h8-12,19,23,27H,2,22H2,1,3-7H3,(H,24,25)/t19-,32?/m0/s1. The van der Waals surface area contributed by atoms with Crippen LogP contribution in [0.1, 0.15) is 38.3 Å². The van der Waals surface area contributed by atoms with Gasteiger partial charge in [0, 0.05) is 14.1 Å². The Hall–Kier alpha value is -2.51. The van der Waals surface area contributed by atoms with Crippen molar-refractivity contribution in [3.05, 3.63) is 54.1 Å². The van der Waals surface area contributed by atoms with Crippen LogP contribution >= 0.6 is 0 Å². The molecule has 2 rings (SSSR count). The summed E-state index contributed by atoms with van der Waals surface area (Å²) >= 11 is -2.11. The molecule has 1 aromatic carbocycles. The third-order valence-corrected chi connectivity index (χ3v) is 6.92. The molecule has 12 heteroatoms. The van der Waals surface area contributed by atoms with E-state index >= 15 is 0 Å². The fraction of sp³-hybridized carbons (Fsp3) is 0.381. The van der Waals surface area contributed by atoms with Gasteiger partial charge in [-0.15, -0.1) is 5.14 Å². The Balaban J connectivity index is 2.43. The number of anilines is 1. The second kappa shape index (κ2) is 10.2. The first-order valence-corrected chi connectivity index (χ1v) is 12.5. The number of amidine groups is 1. The lowest BCUT2D eigenvalue weighted by Crippen LogP contribution is -2.36. The first kappa shape index (κ1) is 26.7. The molecular formula is C21H31N5O5S2. The van der Waals surface area contributed by atoms with Gasteiger partial charge in [0.15, 0.2) is 17.3 Å². The molecule has 0 saturated carbocycles. The summed E-state index contributed by atoms with van der Waals surface area (Å²) in [6.45, 7) is 11.8. The first-order valence-electron chi connectivity index (χ1n) is 9.93. The zero-order valence-corrected chi connectivity index (χ0v) is 21.2. The molecule has 0 spiro atoms. The van der Waals surface area contributed by atoms with Crippen LogP contribution in [0.4, 0.5) is 5.69 Å². The van der Waals surface area contributed by atoms with Gasteiger partial charge in [-0.05, 0) is 41.0 Å². The van der Waals surface area contributed by atoms with E-state index in [0.29, 0.717) is 5.76 Å². The summed E-state index contributed by atoms with van der Waals surface area (Å²) in [5.74, 6) is 0.841. The topological polar surface area (TPSA) is 156 Å². The summed E-state index contributed by atoms with van der Waals surface area (Å²) in [4.78, 5) is -0.303. The lowest BCUT2D eigenvalue weighted by Gasteiger charge is -2.31. The second-order valence-electron chi connectivity index (χ2n) is 8.65. The van der Waals surface area contributed by atoms with Crippen LogP contribution in [0.25, 0.3) is 0 Å². The third-order valence-electron chi connectivity index (χ3n) is 4.71. The molecule has 0 radical (unpaired) electrons. The zero-order chi connectivity index (χ0) is 25.1. The molecule has 5 N–H and O–H groups in total. The Bertz CT molecular complexity index is 1130. The van der Waals surface area contributed by atoms with E-state index in [2.05, 4.69) is 21.6 Å². The smallest absolute Gasteiger partial charge is 0.246 e. The third kappa shape index (κ3) is 6.51. The summed E-state index contributed by atoms with van der Waals surface area (Å²) in [5, 5.41) is 22.0. The van der Waals surface area contributed by atoms with Crippen LogP contribution in [0, 0.1) is 12.3 Å². The predicted octanol–water partition coefficient (Wildman–Crippen LogP) is 2.78. The normalized spacial score (nSPS) is 14.8. The number of furan rings is 1. The second-order valence-corrected chi connectivity index (χ2v) is 11.5. The lowest BCUT2D eigenvalue weighted by atomic mass is 9.85. The van der Waals surface area contributed by atoms with E-state index in [4.69, 9.17) is 9.56 Å². The Morgan fingerprint density at radius 1 is 1.30 bits per heavy atom. The van der Waals surface area contributed by atoms with Crippen molar-refractivity contribution in [2.24, 2.45) is 15.0 Å². The number of rotatable bonds is 8. The average Bonchev–Trinajstić information content (AvgIpc) is 3.11. The van der Waals surface area contributed by atoms with Crippen LogP contribution in [0.2, 0.25) is 0 Å². The number of phenols is 1. The largest absolute Gasteiger partial charge is 0.572 e. The van der Waals surface area contributed by atoms with Crippen LogP contribution in [0.3, 0.4) is 0 Å². The minimum absolute atomic E-state index is 0.0197. The highest BCUT2D eigenvalue weighted by molar-refractivity contribution is 7.89. The number of nitrogens with two attached hydrogens (primary N) is 1. The number of nitrogens with zero attached hydrogens (tertiary/aromatic N) is 2. The summed E-state index contributed by atoms with van der Waals surface area (Å²) in [6, 6.07) is 7.52. The number of benzene rings is 1. The molecule has 0 aliphatic rings. The van der Waals surface area contributed by atoms with Gasteiger partial charge in [-0.2, -0.15) is 0 Å². The fourth-order valence-corrected chi connectivity index (χ4v) is 4.30. The number of hydrogen-bond donors (Lipinski definition) is 4. The van der Waals surface area contributed by atoms with Crippen molar-refractivity contribution in [1.82, 2.24) is 9.62 Å². The van der Waals surface area contributed by atoms with Crippen LogP contribution in [0.15, 0.2) is 56.3 Å². The number of aryl methyl sites for hydroxylation is 1. The van der Waals surface area contributed by atoms with E-state index in [-0.39, 0.29) is 33.6 Å². The molecule has 33 heavy (non-hydrogen) atoms. The van der Waals surface area contributed by atoms with Crippen LogP contribution in [-0.4, -0.2) is 42.3 Å². The fourth-order valence-electron chi connectivity index (χ4n) is 2.96. The molecule has 0 saturated heterocycles. The summed E-state index contributed by atoms with van der Waals surface area (Å²) in [7, 11) is -1.20. The first-order chi connectivity index (χ1) is 15.1. The molecule has 10 nitrogen and oxygen atoms in total. The number of phenolic OH excluding ortho intramolecular Hbond substituents is 1. The molecule has 182 valence electrons. The molecule has 0 amide bonds. The molecule has 0 bridgehead atoms. The molecule has 2 atom stereocenters. The van der Waals surface area contributed by atoms with Crippen molar-refractivity contribution in [3.8, 4) is 5.75 Å². The summed E-state index contributed by atoms with van der Waals surface area (Å²) in [6.07, 6.45) is 0. The molecule has 0 aliphatic heterocycles. The van der Waals surface area contributed by atoms with Crippen molar-refractivity contribution in [2.45, 2.75) is 38.6 Å². The Labute approximate surface area is 198 Å². The van der Waals surface area contributed by atoms with Gasteiger partial charge in [0.05, 0.1) is 17.4 Å². The number of aromatic hydroxyl groups is 1. The highest BCUT2D eigenvalue weighted by Crippen LogP contribution is 2.35. The number of sulfonamides is 1. The minimum Gasteiger partial charge on any atom is -0.572 e. The number of nitrogens with one attached hydrogen (secondary N) is 2. The Morgan fingerprint density at radius 3 is 2.42 bits per heavy atom. The molecule has 2 aromatic rings. The monoisotopic (exact) mass is 497 g/mol. The maximum atomic E-state index is 12.5.